The van der Waals surface area contributed by atoms with Crippen LogP contribution >= 0.6 is 0 Å². The highest BCUT2D eigenvalue weighted by Gasteiger charge is 2.44. The molecule has 0 aromatic rings. The van der Waals surface area contributed by atoms with Crippen molar-refractivity contribution in [1.29, 1.82) is 0 Å². The van der Waals surface area contributed by atoms with E-state index in [1.165, 1.54) is 0 Å². The summed E-state index contributed by atoms with van der Waals surface area (Å²) in [4.78, 5) is 0. The highest BCUT2D eigenvalue weighted by atomic mass is 16.7. The predicted octanol–water partition coefficient (Wildman–Crippen LogP) is -4.76. The molecule has 0 radical (unpaired) electrons. The fourth-order valence-electron chi connectivity index (χ4n) is 2.18. The maximum Gasteiger partial charge on any atom is 0.186 e. The summed E-state index contributed by atoms with van der Waals surface area (Å²) in [5.41, 5.74) is 0. The quantitative estimate of drug-likeness (QED) is 0.268. The summed E-state index contributed by atoms with van der Waals surface area (Å²) in [5, 5.41) is 66.2. The summed E-state index contributed by atoms with van der Waals surface area (Å²) in [7, 11) is 0. The zero-order chi connectivity index (χ0) is 15.7. The van der Waals surface area contributed by atoms with E-state index in [0.29, 0.717) is 0 Å². The molecule has 0 spiro atoms. The van der Waals surface area contributed by atoms with Crippen LogP contribution in [0.2, 0.25) is 0 Å². The molecule has 2 aliphatic rings. The third kappa shape index (κ3) is 3.51. The second-order valence-corrected chi connectivity index (χ2v) is 5.12. The molecule has 0 amide bonds. The fourth-order valence-corrected chi connectivity index (χ4v) is 2.18. The first kappa shape index (κ1) is 17.0. The zero-order valence-corrected chi connectivity index (χ0v) is 11.0. The molecule has 10 nitrogen and oxygen atoms in total. The zero-order valence-electron chi connectivity index (χ0n) is 11.0. The summed E-state index contributed by atoms with van der Waals surface area (Å²) in [6.07, 6.45) is -13.1. The monoisotopic (exact) mass is 312 g/mol. The van der Waals surface area contributed by atoms with Crippen LogP contribution in [0, 0.1) is 0 Å². The Morgan fingerprint density at radius 1 is 0.810 bits per heavy atom. The number of aliphatic hydroxyl groups is 7. The Bertz CT molecular complexity index is 341. The Balaban J connectivity index is 1.88. The van der Waals surface area contributed by atoms with E-state index in [9.17, 15) is 35.7 Å². The van der Waals surface area contributed by atoms with Gasteiger partial charge in [-0.3, -0.25) is 0 Å². The van der Waals surface area contributed by atoms with Crippen LogP contribution in [0.25, 0.3) is 0 Å². The van der Waals surface area contributed by atoms with Crippen molar-refractivity contribution in [3.05, 3.63) is 0 Å². The maximum atomic E-state index is 9.70. The largest absolute Gasteiger partial charge is 0.388 e. The van der Waals surface area contributed by atoms with Gasteiger partial charge in [0.15, 0.2) is 12.6 Å². The van der Waals surface area contributed by atoms with E-state index in [-0.39, 0.29) is 13.2 Å². The topological polar surface area (TPSA) is 169 Å². The van der Waals surface area contributed by atoms with Gasteiger partial charge < -0.3 is 50.0 Å². The molecule has 0 bridgehead atoms. The Labute approximate surface area is 119 Å². The molecule has 0 aromatic carbocycles. The van der Waals surface area contributed by atoms with Crippen molar-refractivity contribution in [3.63, 3.8) is 0 Å². The van der Waals surface area contributed by atoms with Gasteiger partial charge in [0.1, 0.15) is 42.7 Å². The van der Waals surface area contributed by atoms with Crippen LogP contribution in [0.15, 0.2) is 0 Å². The van der Waals surface area contributed by atoms with Gasteiger partial charge in [0.05, 0.1) is 13.2 Å². The van der Waals surface area contributed by atoms with Crippen LogP contribution in [0.3, 0.4) is 0 Å². The van der Waals surface area contributed by atoms with E-state index in [0.717, 1.165) is 0 Å². The van der Waals surface area contributed by atoms with Crippen LogP contribution < -0.4 is 0 Å². The Morgan fingerprint density at radius 2 is 1.48 bits per heavy atom. The highest BCUT2D eigenvalue weighted by Crippen LogP contribution is 2.22. The number of rotatable bonds is 3. The molecule has 21 heavy (non-hydrogen) atoms. The summed E-state index contributed by atoms with van der Waals surface area (Å²) in [6.45, 7) is -0.631. The summed E-state index contributed by atoms with van der Waals surface area (Å²) in [6, 6.07) is 0. The predicted molar refractivity (Wildman–Crippen MR) is 62.6 cm³/mol. The normalized spacial score (nSPS) is 51.9. The molecule has 10 heteroatoms. The Hall–Kier alpha value is -0.400. The van der Waals surface area contributed by atoms with E-state index in [1.807, 2.05) is 0 Å². The van der Waals surface area contributed by atoms with Gasteiger partial charge in [-0.15, -0.1) is 0 Å². The number of aliphatic hydroxyl groups excluding tert-OH is 7. The SMILES string of the molecule is O[C@@H]1[C@@H](O)[C@H](CO[C@@H]2OC[C@@H](O)[C@H](O)[C@H]2O)O[C@H](O)[C@H]1O. The molecule has 2 heterocycles. The molecule has 124 valence electrons. The lowest BCUT2D eigenvalue weighted by Gasteiger charge is -2.40. The minimum Gasteiger partial charge on any atom is -0.388 e. The summed E-state index contributed by atoms with van der Waals surface area (Å²) in [5.74, 6) is 0. The fraction of sp³-hybridized carbons (Fsp3) is 1.00. The average Bonchev–Trinajstić information content (AvgIpc) is 2.46. The van der Waals surface area contributed by atoms with Gasteiger partial charge in [0.25, 0.3) is 0 Å². The van der Waals surface area contributed by atoms with Crippen molar-refractivity contribution >= 4 is 0 Å². The Morgan fingerprint density at radius 3 is 2.14 bits per heavy atom. The molecule has 2 fully saturated rings. The molecule has 2 rings (SSSR count). The summed E-state index contributed by atoms with van der Waals surface area (Å²) >= 11 is 0. The molecular weight excluding hydrogens is 292 g/mol. The minimum absolute atomic E-state index is 0.249. The van der Waals surface area contributed by atoms with E-state index in [1.54, 1.807) is 0 Å². The molecule has 0 aromatic heterocycles. The van der Waals surface area contributed by atoms with Crippen LogP contribution in [0.4, 0.5) is 0 Å². The molecule has 2 aliphatic heterocycles. The van der Waals surface area contributed by atoms with Crippen LogP contribution in [-0.2, 0) is 14.2 Å². The number of ether oxygens (including phenoxy) is 3. The molecule has 2 saturated heterocycles. The lowest BCUT2D eigenvalue weighted by molar-refractivity contribution is -0.312. The van der Waals surface area contributed by atoms with Gasteiger partial charge in [-0.1, -0.05) is 0 Å². The summed E-state index contributed by atoms with van der Waals surface area (Å²) < 4.78 is 15.0. The van der Waals surface area contributed by atoms with Crippen LogP contribution in [-0.4, -0.2) is 104 Å². The van der Waals surface area contributed by atoms with Crippen molar-refractivity contribution in [2.24, 2.45) is 0 Å². The smallest absolute Gasteiger partial charge is 0.186 e. The van der Waals surface area contributed by atoms with Crippen molar-refractivity contribution < 1.29 is 50.0 Å². The van der Waals surface area contributed by atoms with Crippen LogP contribution in [0.1, 0.15) is 0 Å². The first-order valence-corrected chi connectivity index (χ1v) is 6.48. The minimum atomic E-state index is -1.69. The molecule has 0 saturated carbocycles. The third-order valence-corrected chi connectivity index (χ3v) is 3.57. The number of hydrogen-bond acceptors (Lipinski definition) is 10. The van der Waals surface area contributed by atoms with Gasteiger partial charge in [-0.25, -0.2) is 0 Å². The van der Waals surface area contributed by atoms with E-state index in [4.69, 9.17) is 14.2 Å². The standard InChI is InChI=1S/C11H20O10/c12-3-1-19-11(9(17)5(3)13)20-2-4-6(14)7(15)8(16)10(18)21-4/h3-18H,1-2H2/t3-,4+,5+,6+,7-,8+,9-,10+,11+/m1/s1. The third-order valence-electron chi connectivity index (χ3n) is 3.57. The van der Waals surface area contributed by atoms with E-state index in [2.05, 4.69) is 0 Å². The molecular formula is C11H20O10. The first-order chi connectivity index (χ1) is 9.82. The van der Waals surface area contributed by atoms with Crippen molar-refractivity contribution in [2.45, 2.75) is 55.3 Å². The molecule has 7 N–H and O–H groups in total. The highest BCUT2D eigenvalue weighted by molar-refractivity contribution is 4.89. The van der Waals surface area contributed by atoms with Crippen molar-refractivity contribution in [1.82, 2.24) is 0 Å². The lowest BCUT2D eigenvalue weighted by atomic mass is 9.99. The second kappa shape index (κ2) is 6.79. The van der Waals surface area contributed by atoms with Gasteiger partial charge in [-0.2, -0.15) is 0 Å². The van der Waals surface area contributed by atoms with Crippen molar-refractivity contribution in [3.8, 4) is 0 Å². The average molecular weight is 312 g/mol. The van der Waals surface area contributed by atoms with E-state index < -0.39 is 55.3 Å². The van der Waals surface area contributed by atoms with E-state index >= 15 is 0 Å². The van der Waals surface area contributed by atoms with Crippen molar-refractivity contribution in [2.75, 3.05) is 13.2 Å². The lowest BCUT2D eigenvalue weighted by Crippen LogP contribution is -2.59. The molecule has 0 unspecified atom stereocenters. The molecule has 9 atom stereocenters. The molecule has 0 aliphatic carbocycles. The van der Waals surface area contributed by atoms with Crippen LogP contribution in [0.5, 0.6) is 0 Å². The number of hydrogen-bond donors (Lipinski definition) is 7. The Kier molecular flexibility index (Phi) is 5.48. The second-order valence-electron chi connectivity index (χ2n) is 5.12. The van der Waals surface area contributed by atoms with Gasteiger partial charge in [0, 0.05) is 0 Å². The van der Waals surface area contributed by atoms with Gasteiger partial charge in [0.2, 0.25) is 0 Å². The van der Waals surface area contributed by atoms with Gasteiger partial charge in [-0.05, 0) is 0 Å². The maximum absolute atomic E-state index is 9.70. The first-order valence-electron chi connectivity index (χ1n) is 6.48. The van der Waals surface area contributed by atoms with Gasteiger partial charge >= 0.3 is 0 Å².